The van der Waals surface area contributed by atoms with Gasteiger partial charge in [0, 0.05) is 11.1 Å². The summed E-state index contributed by atoms with van der Waals surface area (Å²) in [7, 11) is -3.72. The normalized spacial score (nSPS) is 12.3. The van der Waals surface area contributed by atoms with Gasteiger partial charge in [0.2, 0.25) is 9.84 Å². The van der Waals surface area contributed by atoms with Gasteiger partial charge in [-0.3, -0.25) is 0 Å². The molecule has 25 heavy (non-hydrogen) atoms. The van der Waals surface area contributed by atoms with Crippen LogP contribution in [0, 0.1) is 22.7 Å². The van der Waals surface area contributed by atoms with Crippen LogP contribution in [0.1, 0.15) is 11.1 Å². The van der Waals surface area contributed by atoms with Crippen LogP contribution in [0.4, 0.5) is 0 Å². The number of rotatable bonds is 4. The van der Waals surface area contributed by atoms with Crippen molar-refractivity contribution < 1.29 is 8.42 Å². The van der Waals surface area contributed by atoms with E-state index in [4.69, 9.17) is 33.7 Å². The van der Waals surface area contributed by atoms with E-state index < -0.39 is 9.84 Å². The Kier molecular flexibility index (Phi) is 6.01. The van der Waals surface area contributed by atoms with Crippen LogP contribution in [-0.4, -0.2) is 8.42 Å². The first kappa shape index (κ1) is 18.8. The molecule has 0 aromatic heterocycles. The van der Waals surface area contributed by atoms with E-state index in [2.05, 4.69) is 0 Å². The minimum absolute atomic E-state index is 0.0873. The summed E-state index contributed by atoms with van der Waals surface area (Å²) in [6.45, 7) is 0. The maximum atomic E-state index is 12.7. The van der Waals surface area contributed by atoms with Gasteiger partial charge in [0.1, 0.15) is 12.1 Å². The van der Waals surface area contributed by atoms with E-state index in [1.54, 1.807) is 0 Å². The third kappa shape index (κ3) is 3.92. The first-order chi connectivity index (χ1) is 12.0. The maximum absolute atomic E-state index is 12.7. The summed E-state index contributed by atoms with van der Waals surface area (Å²) >= 11 is 11.1. The highest BCUT2D eigenvalue weighted by atomic mass is 35.5. The minimum Gasteiger partial charge on any atom is -0.219 e. The zero-order chi connectivity index (χ0) is 18.4. The average molecular weight is 389 g/mol. The quantitative estimate of drug-likeness (QED) is 0.708. The van der Waals surface area contributed by atoms with Crippen molar-refractivity contribution in [3.8, 4) is 12.1 Å². The zero-order valence-corrected chi connectivity index (χ0v) is 15.0. The summed E-state index contributed by atoms with van der Waals surface area (Å²) in [6, 6.07) is 15.6. The Bertz CT molecular complexity index is 945. The molecule has 0 aliphatic heterocycles. The SMILES string of the molecule is N#CC(=CCl)c1ccc(S(=O)(=O)c2ccc(C(C#N)=CCl)cc2)cc1. The number of allylic oxidation sites excluding steroid dienone is 2. The van der Waals surface area contributed by atoms with Crippen molar-refractivity contribution in [1.29, 1.82) is 10.5 Å². The molecular formula is C18H10Cl2N2O2S. The highest BCUT2D eigenvalue weighted by Crippen LogP contribution is 2.25. The van der Waals surface area contributed by atoms with Gasteiger partial charge < -0.3 is 0 Å². The third-order valence-corrected chi connectivity index (χ3v) is 5.63. The summed E-state index contributed by atoms with van der Waals surface area (Å²) in [6.07, 6.45) is 0. The molecule has 0 heterocycles. The number of halogens is 2. The molecule has 2 rings (SSSR count). The van der Waals surface area contributed by atoms with Crippen molar-refractivity contribution >= 4 is 44.2 Å². The summed E-state index contributed by atoms with van der Waals surface area (Å²) in [5.74, 6) is 0. The number of nitrogens with zero attached hydrogens (tertiary/aromatic N) is 2. The first-order valence-electron chi connectivity index (χ1n) is 6.85. The molecule has 0 unspecified atom stereocenters. The van der Waals surface area contributed by atoms with E-state index in [0.29, 0.717) is 11.1 Å². The summed E-state index contributed by atoms with van der Waals surface area (Å²) in [5, 5.41) is 17.9. The fourth-order valence-corrected chi connectivity index (χ4v) is 3.68. The molecule has 0 atom stereocenters. The predicted octanol–water partition coefficient (Wildman–Crippen LogP) is 4.73. The van der Waals surface area contributed by atoms with Crippen molar-refractivity contribution in [2.24, 2.45) is 0 Å². The van der Waals surface area contributed by atoms with E-state index in [-0.39, 0.29) is 20.9 Å². The Morgan fingerprint density at radius 1 is 0.760 bits per heavy atom. The average Bonchev–Trinajstić information content (AvgIpc) is 2.65. The van der Waals surface area contributed by atoms with Crippen LogP contribution < -0.4 is 0 Å². The van der Waals surface area contributed by atoms with Crippen LogP contribution in [0.25, 0.3) is 11.1 Å². The van der Waals surface area contributed by atoms with Gasteiger partial charge in [0.15, 0.2) is 0 Å². The lowest BCUT2D eigenvalue weighted by molar-refractivity contribution is 0.596. The van der Waals surface area contributed by atoms with Gasteiger partial charge in [-0.1, -0.05) is 47.5 Å². The second-order valence-corrected chi connectivity index (χ2v) is 7.21. The standard InChI is InChI=1S/C18H10Cl2N2O2S/c19-9-15(11-21)13-1-5-17(6-2-13)25(23,24)18-7-3-14(4-8-18)16(10-20)12-22/h1-10H. The molecule has 0 saturated heterocycles. The fraction of sp³-hybridized carbons (Fsp3) is 0. The highest BCUT2D eigenvalue weighted by Gasteiger charge is 2.18. The van der Waals surface area contributed by atoms with Crippen LogP contribution in [0.15, 0.2) is 69.4 Å². The van der Waals surface area contributed by atoms with Crippen LogP contribution in [-0.2, 0) is 9.84 Å². The highest BCUT2D eigenvalue weighted by molar-refractivity contribution is 7.91. The van der Waals surface area contributed by atoms with Crippen molar-refractivity contribution in [3.63, 3.8) is 0 Å². The van der Waals surface area contributed by atoms with E-state index in [9.17, 15) is 8.42 Å². The van der Waals surface area contributed by atoms with Gasteiger partial charge >= 0.3 is 0 Å². The van der Waals surface area contributed by atoms with E-state index in [1.807, 2.05) is 12.1 Å². The van der Waals surface area contributed by atoms with Crippen LogP contribution in [0.5, 0.6) is 0 Å². The number of hydrogen-bond donors (Lipinski definition) is 0. The molecule has 0 aliphatic carbocycles. The largest absolute Gasteiger partial charge is 0.219 e. The maximum Gasteiger partial charge on any atom is 0.206 e. The van der Waals surface area contributed by atoms with Crippen molar-refractivity contribution in [2.75, 3.05) is 0 Å². The molecule has 7 heteroatoms. The molecule has 0 amide bonds. The number of nitriles is 2. The van der Waals surface area contributed by atoms with Crippen LogP contribution in [0.2, 0.25) is 0 Å². The minimum atomic E-state index is -3.72. The first-order valence-corrected chi connectivity index (χ1v) is 9.20. The Labute approximate surface area is 155 Å². The lowest BCUT2D eigenvalue weighted by Gasteiger charge is -2.07. The van der Waals surface area contributed by atoms with E-state index >= 15 is 0 Å². The van der Waals surface area contributed by atoms with Crippen molar-refractivity contribution in [1.82, 2.24) is 0 Å². The summed E-state index contributed by atoms with van der Waals surface area (Å²) in [5.41, 5.74) is 3.81. The predicted molar refractivity (Wildman–Crippen MR) is 97.2 cm³/mol. The molecule has 2 aromatic carbocycles. The summed E-state index contributed by atoms with van der Waals surface area (Å²) < 4.78 is 25.3. The second kappa shape index (κ2) is 8.00. The van der Waals surface area contributed by atoms with Crippen molar-refractivity contribution in [3.05, 3.63) is 70.7 Å². The lowest BCUT2D eigenvalue weighted by atomic mass is 10.1. The smallest absolute Gasteiger partial charge is 0.206 e. The number of sulfone groups is 1. The molecule has 0 spiro atoms. The van der Waals surface area contributed by atoms with Gasteiger partial charge in [0.05, 0.1) is 20.9 Å². The molecule has 2 aromatic rings. The molecule has 0 bridgehead atoms. The Morgan fingerprint density at radius 3 is 1.32 bits per heavy atom. The van der Waals surface area contributed by atoms with Crippen LogP contribution >= 0.6 is 23.2 Å². The molecule has 124 valence electrons. The molecular weight excluding hydrogens is 379 g/mol. The fourth-order valence-electron chi connectivity index (χ4n) is 2.07. The molecule has 0 aliphatic rings. The van der Waals surface area contributed by atoms with Gasteiger partial charge in [0.25, 0.3) is 0 Å². The monoisotopic (exact) mass is 388 g/mol. The van der Waals surface area contributed by atoms with Gasteiger partial charge in [-0.2, -0.15) is 10.5 Å². The van der Waals surface area contributed by atoms with E-state index in [1.165, 1.54) is 48.5 Å². The van der Waals surface area contributed by atoms with Gasteiger partial charge in [-0.05, 0) is 35.4 Å². The Balaban J connectivity index is 2.40. The molecule has 0 N–H and O–H groups in total. The summed E-state index contributed by atoms with van der Waals surface area (Å²) in [4.78, 5) is 0.175. The molecule has 0 saturated carbocycles. The topological polar surface area (TPSA) is 81.7 Å². The Morgan fingerprint density at radius 2 is 1.08 bits per heavy atom. The zero-order valence-electron chi connectivity index (χ0n) is 12.6. The lowest BCUT2D eigenvalue weighted by Crippen LogP contribution is -2.02. The second-order valence-electron chi connectivity index (χ2n) is 4.82. The van der Waals surface area contributed by atoms with Gasteiger partial charge in [-0.15, -0.1) is 0 Å². The number of benzene rings is 2. The van der Waals surface area contributed by atoms with Crippen molar-refractivity contribution in [2.45, 2.75) is 9.79 Å². The Hall–Kier alpha value is -2.57. The van der Waals surface area contributed by atoms with Gasteiger partial charge in [-0.25, -0.2) is 8.42 Å². The molecule has 4 nitrogen and oxygen atoms in total. The molecule has 0 fully saturated rings. The third-order valence-electron chi connectivity index (χ3n) is 3.41. The van der Waals surface area contributed by atoms with Crippen LogP contribution in [0.3, 0.4) is 0 Å². The molecule has 0 radical (unpaired) electrons. The van der Waals surface area contributed by atoms with E-state index in [0.717, 1.165) is 11.1 Å². The number of hydrogen-bond acceptors (Lipinski definition) is 4.